The highest BCUT2D eigenvalue weighted by atomic mass is 16.5. The van der Waals surface area contributed by atoms with Crippen LogP contribution in [0.1, 0.15) is 49.4 Å². The molecule has 0 unspecified atom stereocenters. The Kier molecular flexibility index (Phi) is 7.54. The molecule has 0 aromatic heterocycles. The van der Waals surface area contributed by atoms with Crippen LogP contribution in [0.2, 0.25) is 0 Å². The third-order valence-corrected chi connectivity index (χ3v) is 5.72. The van der Waals surface area contributed by atoms with Gasteiger partial charge in [-0.15, -0.1) is 0 Å². The molecule has 0 amide bonds. The lowest BCUT2D eigenvalue weighted by atomic mass is 9.79. The molecule has 0 heterocycles. The van der Waals surface area contributed by atoms with Crippen LogP contribution in [0.5, 0.6) is 11.5 Å². The molecule has 0 fully saturated rings. The van der Waals surface area contributed by atoms with Gasteiger partial charge in [0.05, 0.1) is 14.2 Å². The number of hydrogen-bond donors (Lipinski definition) is 0. The molecule has 0 atom stereocenters. The monoisotopic (exact) mass is 416 g/mol. The van der Waals surface area contributed by atoms with Crippen LogP contribution in [0.3, 0.4) is 0 Å². The summed E-state index contributed by atoms with van der Waals surface area (Å²) in [6.45, 7) is 6.88. The zero-order valence-electron chi connectivity index (χ0n) is 19.1. The molecular formula is C28H32O3. The van der Waals surface area contributed by atoms with Crippen LogP contribution in [0.15, 0.2) is 78.9 Å². The molecule has 0 spiro atoms. The van der Waals surface area contributed by atoms with E-state index in [2.05, 4.69) is 68.5 Å². The smallest absolute Gasteiger partial charge is 0.143 e. The summed E-state index contributed by atoms with van der Waals surface area (Å²) in [5.41, 5.74) is 4.97. The van der Waals surface area contributed by atoms with Gasteiger partial charge in [-0.3, -0.25) is 0 Å². The number of ether oxygens (including phenoxy) is 3. The molecule has 3 rings (SSSR count). The van der Waals surface area contributed by atoms with Crippen molar-refractivity contribution in [2.24, 2.45) is 0 Å². The summed E-state index contributed by atoms with van der Waals surface area (Å²) in [6, 6.07) is 25.0. The SMILES string of the molecule is CC=C(CC)c1cccc(C(OCC)(c2ccc(OC)cc2)c2ccc(OC)cc2)c1. The fourth-order valence-corrected chi connectivity index (χ4v) is 4.13. The average Bonchev–Trinajstić information content (AvgIpc) is 2.84. The van der Waals surface area contributed by atoms with E-state index in [1.165, 1.54) is 11.1 Å². The zero-order chi connectivity index (χ0) is 22.3. The van der Waals surface area contributed by atoms with Crippen LogP contribution in [-0.4, -0.2) is 20.8 Å². The first kappa shape index (κ1) is 22.6. The minimum absolute atomic E-state index is 0.562. The number of benzene rings is 3. The van der Waals surface area contributed by atoms with Crippen molar-refractivity contribution in [1.82, 2.24) is 0 Å². The van der Waals surface area contributed by atoms with Crippen molar-refractivity contribution in [2.45, 2.75) is 32.8 Å². The molecule has 0 aliphatic carbocycles. The molecule has 0 bridgehead atoms. The maximum atomic E-state index is 6.64. The van der Waals surface area contributed by atoms with Gasteiger partial charge in [-0.2, -0.15) is 0 Å². The van der Waals surface area contributed by atoms with E-state index in [0.29, 0.717) is 6.61 Å². The molecule has 0 N–H and O–H groups in total. The average molecular weight is 417 g/mol. The number of methoxy groups -OCH3 is 2. The van der Waals surface area contributed by atoms with Gasteiger partial charge in [-0.05, 0) is 78.4 Å². The summed E-state index contributed by atoms with van der Waals surface area (Å²) in [5, 5.41) is 0. The lowest BCUT2D eigenvalue weighted by molar-refractivity contribution is 0.0215. The largest absolute Gasteiger partial charge is 0.497 e. The Morgan fingerprint density at radius 3 is 1.74 bits per heavy atom. The van der Waals surface area contributed by atoms with Crippen molar-refractivity contribution in [2.75, 3.05) is 20.8 Å². The van der Waals surface area contributed by atoms with Crippen molar-refractivity contribution in [1.29, 1.82) is 0 Å². The molecule has 3 aromatic rings. The Morgan fingerprint density at radius 1 is 0.774 bits per heavy atom. The second-order valence-corrected chi connectivity index (χ2v) is 7.32. The second kappa shape index (κ2) is 10.3. The van der Waals surface area contributed by atoms with Crippen LogP contribution in [-0.2, 0) is 10.3 Å². The summed E-state index contributed by atoms with van der Waals surface area (Å²) >= 11 is 0. The molecule has 162 valence electrons. The minimum Gasteiger partial charge on any atom is -0.497 e. The van der Waals surface area contributed by atoms with Crippen LogP contribution in [0.4, 0.5) is 0 Å². The lowest BCUT2D eigenvalue weighted by Gasteiger charge is -2.36. The molecule has 3 heteroatoms. The fraction of sp³-hybridized carbons (Fsp3) is 0.286. The van der Waals surface area contributed by atoms with Gasteiger partial charge in [-0.25, -0.2) is 0 Å². The van der Waals surface area contributed by atoms with Crippen LogP contribution < -0.4 is 9.47 Å². The molecule has 0 saturated carbocycles. The van der Waals surface area contributed by atoms with Gasteiger partial charge in [-0.1, -0.05) is 55.5 Å². The second-order valence-electron chi connectivity index (χ2n) is 7.32. The molecule has 0 saturated heterocycles. The van der Waals surface area contributed by atoms with Crippen molar-refractivity contribution < 1.29 is 14.2 Å². The number of hydrogen-bond acceptors (Lipinski definition) is 3. The van der Waals surface area contributed by atoms with Crippen LogP contribution >= 0.6 is 0 Å². The molecule has 3 aromatic carbocycles. The number of allylic oxidation sites excluding steroid dienone is 2. The summed E-state index contributed by atoms with van der Waals surface area (Å²) < 4.78 is 17.4. The lowest BCUT2D eigenvalue weighted by Crippen LogP contribution is -2.33. The van der Waals surface area contributed by atoms with Gasteiger partial charge in [0.1, 0.15) is 17.1 Å². The van der Waals surface area contributed by atoms with Gasteiger partial charge in [0.2, 0.25) is 0 Å². The summed E-state index contributed by atoms with van der Waals surface area (Å²) in [4.78, 5) is 0. The fourth-order valence-electron chi connectivity index (χ4n) is 4.13. The van der Waals surface area contributed by atoms with E-state index >= 15 is 0 Å². The highest BCUT2D eigenvalue weighted by Gasteiger charge is 2.37. The normalized spacial score (nSPS) is 12.0. The quantitative estimate of drug-likeness (QED) is 0.357. The predicted octanol–water partition coefficient (Wildman–Crippen LogP) is 6.85. The first-order valence-electron chi connectivity index (χ1n) is 10.8. The third kappa shape index (κ3) is 4.52. The Labute approximate surface area is 186 Å². The topological polar surface area (TPSA) is 27.7 Å². The number of rotatable bonds is 9. The molecule has 0 radical (unpaired) electrons. The Hall–Kier alpha value is -3.04. The van der Waals surface area contributed by atoms with Crippen molar-refractivity contribution in [3.8, 4) is 11.5 Å². The van der Waals surface area contributed by atoms with E-state index in [9.17, 15) is 0 Å². The van der Waals surface area contributed by atoms with E-state index in [0.717, 1.165) is 34.6 Å². The zero-order valence-corrected chi connectivity index (χ0v) is 19.1. The van der Waals surface area contributed by atoms with Gasteiger partial charge in [0.15, 0.2) is 0 Å². The van der Waals surface area contributed by atoms with Gasteiger partial charge in [0, 0.05) is 6.61 Å². The maximum absolute atomic E-state index is 6.64. The summed E-state index contributed by atoms with van der Waals surface area (Å²) in [6.07, 6.45) is 3.16. The molecule has 0 aliphatic heterocycles. The Bertz CT molecular complexity index is 954. The maximum Gasteiger partial charge on any atom is 0.143 e. The highest BCUT2D eigenvalue weighted by Crippen LogP contribution is 2.42. The summed E-state index contributed by atoms with van der Waals surface area (Å²) in [5.74, 6) is 1.64. The van der Waals surface area contributed by atoms with Gasteiger partial charge >= 0.3 is 0 Å². The third-order valence-electron chi connectivity index (χ3n) is 5.72. The van der Waals surface area contributed by atoms with E-state index in [-0.39, 0.29) is 0 Å². The van der Waals surface area contributed by atoms with E-state index < -0.39 is 5.60 Å². The summed E-state index contributed by atoms with van der Waals surface area (Å²) in [7, 11) is 3.36. The van der Waals surface area contributed by atoms with E-state index in [1.807, 2.05) is 31.2 Å². The van der Waals surface area contributed by atoms with Gasteiger partial charge in [0.25, 0.3) is 0 Å². The molecule has 0 aliphatic rings. The van der Waals surface area contributed by atoms with Crippen molar-refractivity contribution >= 4 is 5.57 Å². The predicted molar refractivity (Wildman–Crippen MR) is 128 cm³/mol. The Morgan fingerprint density at radius 2 is 1.32 bits per heavy atom. The first-order chi connectivity index (χ1) is 15.1. The van der Waals surface area contributed by atoms with Crippen LogP contribution in [0.25, 0.3) is 5.57 Å². The van der Waals surface area contributed by atoms with E-state index in [1.54, 1.807) is 14.2 Å². The highest BCUT2D eigenvalue weighted by molar-refractivity contribution is 5.66. The molecule has 31 heavy (non-hydrogen) atoms. The van der Waals surface area contributed by atoms with Crippen molar-refractivity contribution in [3.63, 3.8) is 0 Å². The standard InChI is InChI=1S/C28H32O3/c1-6-21(7-2)22-10-9-11-25(20-22)28(31-8-3,23-12-16-26(29-4)17-13-23)24-14-18-27(30-5)19-15-24/h6,9-20H,7-8H2,1-5H3. The first-order valence-corrected chi connectivity index (χ1v) is 10.8. The molecule has 3 nitrogen and oxygen atoms in total. The Balaban J connectivity index is 2.29. The van der Waals surface area contributed by atoms with E-state index in [4.69, 9.17) is 14.2 Å². The van der Waals surface area contributed by atoms with Crippen LogP contribution in [0, 0.1) is 0 Å². The minimum atomic E-state index is -0.754. The molecular weight excluding hydrogens is 384 g/mol. The van der Waals surface area contributed by atoms with Gasteiger partial charge < -0.3 is 14.2 Å². The van der Waals surface area contributed by atoms with Crippen molar-refractivity contribution in [3.05, 3.63) is 101 Å².